The van der Waals surface area contributed by atoms with Gasteiger partial charge in [0.15, 0.2) is 5.65 Å². The van der Waals surface area contributed by atoms with Crippen molar-refractivity contribution in [3.05, 3.63) is 32.4 Å². The molecule has 0 bridgehead atoms. The number of alkyl halides is 1. The first-order valence-electron chi connectivity index (χ1n) is 9.88. The van der Waals surface area contributed by atoms with Gasteiger partial charge in [-0.3, -0.25) is 4.79 Å². The molecule has 2 atom stereocenters. The van der Waals surface area contributed by atoms with Gasteiger partial charge in [0.1, 0.15) is 26.9 Å². The van der Waals surface area contributed by atoms with Gasteiger partial charge in [-0.25, -0.2) is 14.1 Å². The van der Waals surface area contributed by atoms with Crippen molar-refractivity contribution in [1.29, 1.82) is 0 Å². The van der Waals surface area contributed by atoms with Crippen LogP contribution < -0.4 is 5.56 Å². The minimum Gasteiger partial charge on any atom is -0.310 e. The van der Waals surface area contributed by atoms with Crippen LogP contribution in [-0.4, -0.2) is 35.6 Å². The van der Waals surface area contributed by atoms with Crippen LogP contribution in [0.2, 0.25) is 0 Å². The third kappa shape index (κ3) is 2.96. The van der Waals surface area contributed by atoms with E-state index in [1.807, 2.05) is 11.6 Å². The topological polar surface area (TPSA) is 89.3 Å². The molecule has 9 heteroatoms. The lowest BCUT2D eigenvalue weighted by molar-refractivity contribution is 0.103. The Hall–Kier alpha value is -2.16. The summed E-state index contributed by atoms with van der Waals surface area (Å²) < 4.78 is 16.0. The van der Waals surface area contributed by atoms with E-state index in [0.717, 1.165) is 22.9 Å². The van der Waals surface area contributed by atoms with Crippen LogP contribution in [0.25, 0.3) is 11.0 Å². The van der Waals surface area contributed by atoms with E-state index in [1.54, 1.807) is 24.5 Å². The van der Waals surface area contributed by atoms with Gasteiger partial charge in [-0.1, -0.05) is 0 Å². The van der Waals surface area contributed by atoms with Gasteiger partial charge in [-0.15, -0.1) is 21.5 Å². The highest BCUT2D eigenvalue weighted by molar-refractivity contribution is 7.11. The van der Waals surface area contributed by atoms with Gasteiger partial charge in [-0.2, -0.15) is 5.10 Å². The summed E-state index contributed by atoms with van der Waals surface area (Å²) in [7, 11) is 0. The maximum atomic E-state index is 14.2. The van der Waals surface area contributed by atoms with Crippen molar-refractivity contribution in [1.82, 2.24) is 29.9 Å². The number of halogens is 1. The van der Waals surface area contributed by atoms with Crippen molar-refractivity contribution in [2.75, 3.05) is 0 Å². The van der Waals surface area contributed by atoms with Crippen LogP contribution in [-0.2, 0) is 0 Å². The molecule has 3 aromatic rings. The molecule has 2 fully saturated rings. The number of hydrogen-bond donors (Lipinski definition) is 1. The molecule has 0 unspecified atom stereocenters. The molecule has 1 N–H and O–H groups in total. The average Bonchev–Trinajstić information content (AvgIpc) is 3.21. The summed E-state index contributed by atoms with van der Waals surface area (Å²) in [6.07, 6.45) is 6.02. The normalized spacial score (nSPS) is 30.5. The second kappa shape index (κ2) is 6.43. The van der Waals surface area contributed by atoms with E-state index < -0.39 is 5.67 Å². The fourth-order valence-electron chi connectivity index (χ4n) is 4.43. The Bertz CT molecular complexity index is 1080. The molecule has 0 aromatic carbocycles. The summed E-state index contributed by atoms with van der Waals surface area (Å²) >= 11 is 1.61. The van der Waals surface area contributed by atoms with E-state index in [4.69, 9.17) is 4.98 Å². The molecule has 0 amide bonds. The van der Waals surface area contributed by atoms with E-state index in [-0.39, 0.29) is 23.4 Å². The van der Waals surface area contributed by atoms with Crippen LogP contribution in [0, 0.1) is 6.92 Å². The number of nitrogens with one attached hydrogen (secondary N) is 1. The Morgan fingerprint density at radius 3 is 2.61 bits per heavy atom. The fourth-order valence-corrected chi connectivity index (χ4v) is 5.33. The SMILES string of the molecule is Cc1nnc([C@H]2CC[C@@H]2c2nc3c(cnn3C3CCC(C)(F)CC3)c(=O)[nH]2)s1. The van der Waals surface area contributed by atoms with Crippen molar-refractivity contribution >= 4 is 22.4 Å². The second-order valence-corrected chi connectivity index (χ2v) is 9.58. The Kier molecular flexibility index (Phi) is 4.12. The molecule has 3 heterocycles. The molecular formula is C19H23FN6OS. The number of fused-ring (bicyclic) bond motifs is 1. The number of aryl methyl sites for hydroxylation is 1. The van der Waals surface area contributed by atoms with Gasteiger partial charge in [0.25, 0.3) is 5.56 Å². The number of rotatable bonds is 3. The molecule has 2 saturated carbocycles. The predicted molar refractivity (Wildman–Crippen MR) is 105 cm³/mol. The fraction of sp³-hybridized carbons (Fsp3) is 0.632. The van der Waals surface area contributed by atoms with E-state index in [0.29, 0.717) is 42.5 Å². The molecule has 2 aliphatic carbocycles. The third-order valence-corrected chi connectivity index (χ3v) is 7.28. The van der Waals surface area contributed by atoms with Gasteiger partial charge in [0, 0.05) is 11.8 Å². The lowest BCUT2D eigenvalue weighted by atomic mass is 9.73. The quantitative estimate of drug-likeness (QED) is 0.720. The van der Waals surface area contributed by atoms with E-state index >= 15 is 0 Å². The number of nitrogens with zero attached hydrogens (tertiary/aromatic N) is 5. The minimum absolute atomic E-state index is 0.0893. The van der Waals surface area contributed by atoms with Gasteiger partial charge in [0.2, 0.25) is 0 Å². The lowest BCUT2D eigenvalue weighted by Gasteiger charge is -2.34. The Labute approximate surface area is 165 Å². The Morgan fingerprint density at radius 2 is 1.96 bits per heavy atom. The summed E-state index contributed by atoms with van der Waals surface area (Å²) in [5.41, 5.74) is -0.643. The molecule has 0 radical (unpaired) electrons. The van der Waals surface area contributed by atoms with E-state index in [1.165, 1.54) is 0 Å². The van der Waals surface area contributed by atoms with Crippen molar-refractivity contribution < 1.29 is 4.39 Å². The van der Waals surface area contributed by atoms with Crippen LogP contribution >= 0.6 is 11.3 Å². The number of aromatic amines is 1. The first-order valence-corrected chi connectivity index (χ1v) is 10.7. The average molecular weight is 402 g/mol. The zero-order valence-electron chi connectivity index (χ0n) is 16.0. The second-order valence-electron chi connectivity index (χ2n) is 8.37. The molecular weight excluding hydrogens is 379 g/mol. The van der Waals surface area contributed by atoms with Gasteiger partial charge in [-0.05, 0) is 52.4 Å². The van der Waals surface area contributed by atoms with E-state index in [2.05, 4.69) is 20.3 Å². The van der Waals surface area contributed by atoms with Gasteiger partial charge >= 0.3 is 0 Å². The van der Waals surface area contributed by atoms with Crippen LogP contribution in [0.5, 0.6) is 0 Å². The zero-order valence-corrected chi connectivity index (χ0v) is 16.8. The van der Waals surface area contributed by atoms with Crippen molar-refractivity contribution in [3.8, 4) is 0 Å². The summed E-state index contributed by atoms with van der Waals surface area (Å²) in [6, 6.07) is 0.0893. The summed E-state index contributed by atoms with van der Waals surface area (Å²) in [6.45, 7) is 3.61. The van der Waals surface area contributed by atoms with Crippen molar-refractivity contribution in [2.24, 2.45) is 0 Å². The van der Waals surface area contributed by atoms with Gasteiger partial charge < -0.3 is 4.98 Å². The summed E-state index contributed by atoms with van der Waals surface area (Å²) in [5.74, 6) is 1.10. The maximum absolute atomic E-state index is 14.2. The van der Waals surface area contributed by atoms with Gasteiger partial charge in [0.05, 0.1) is 12.2 Å². The lowest BCUT2D eigenvalue weighted by Crippen LogP contribution is -2.29. The smallest absolute Gasteiger partial charge is 0.262 e. The molecule has 2 aliphatic rings. The molecule has 5 rings (SSSR count). The van der Waals surface area contributed by atoms with E-state index in [9.17, 15) is 9.18 Å². The molecule has 0 aliphatic heterocycles. The highest BCUT2D eigenvalue weighted by Gasteiger charge is 2.38. The molecule has 0 spiro atoms. The largest absolute Gasteiger partial charge is 0.310 e. The highest BCUT2D eigenvalue weighted by atomic mass is 32.1. The van der Waals surface area contributed by atoms with Crippen LogP contribution in [0.1, 0.15) is 79.2 Å². The maximum Gasteiger partial charge on any atom is 0.262 e. The van der Waals surface area contributed by atoms with Crippen molar-refractivity contribution in [2.45, 2.75) is 75.9 Å². The summed E-state index contributed by atoms with van der Waals surface area (Å²) in [5, 5.41) is 15.3. The molecule has 7 nitrogen and oxygen atoms in total. The van der Waals surface area contributed by atoms with Crippen LogP contribution in [0.4, 0.5) is 4.39 Å². The van der Waals surface area contributed by atoms with Crippen LogP contribution in [0.3, 0.4) is 0 Å². The standard InChI is InChI=1S/C19H23FN6OS/c1-10-24-25-18(28-10)13-4-3-12(13)15-22-16-14(17(27)23-15)9-21-26(16)11-5-7-19(2,20)8-6-11/h9,11-13H,3-8H2,1-2H3,(H,22,23,27)/t11?,12-,13-,19?/m0/s1. The number of H-pyrrole nitrogens is 1. The molecule has 28 heavy (non-hydrogen) atoms. The predicted octanol–water partition coefficient (Wildman–Crippen LogP) is 3.78. The Morgan fingerprint density at radius 1 is 1.21 bits per heavy atom. The molecule has 3 aromatic heterocycles. The number of aromatic nitrogens is 6. The minimum atomic E-state index is -1.10. The summed E-state index contributed by atoms with van der Waals surface area (Å²) in [4.78, 5) is 20.4. The van der Waals surface area contributed by atoms with Crippen LogP contribution in [0.15, 0.2) is 11.0 Å². The molecule has 148 valence electrons. The first-order chi connectivity index (χ1) is 13.4. The first kappa shape index (κ1) is 17.9. The highest BCUT2D eigenvalue weighted by Crippen LogP contribution is 2.48. The number of hydrogen-bond acceptors (Lipinski definition) is 6. The third-order valence-electron chi connectivity index (χ3n) is 6.31. The Balaban J connectivity index is 1.49. The molecule has 0 saturated heterocycles. The van der Waals surface area contributed by atoms with Crippen molar-refractivity contribution in [3.63, 3.8) is 0 Å². The zero-order chi connectivity index (χ0) is 19.5. The monoisotopic (exact) mass is 402 g/mol.